The lowest BCUT2D eigenvalue weighted by molar-refractivity contribution is 0.537. The molecule has 5 nitrogen and oxygen atoms in total. The van der Waals surface area contributed by atoms with E-state index in [0.717, 1.165) is 23.7 Å². The summed E-state index contributed by atoms with van der Waals surface area (Å²) in [4.78, 5) is 4.70. The topological polar surface area (TPSA) is 29.2 Å². The van der Waals surface area contributed by atoms with Crippen LogP contribution in [0.15, 0.2) is 97.1 Å². The zero-order valence-corrected chi connectivity index (χ0v) is 25.7. The fourth-order valence-corrected chi connectivity index (χ4v) is 6.25. The van der Waals surface area contributed by atoms with Gasteiger partial charge in [0.2, 0.25) is 0 Å². The minimum Gasteiger partial charge on any atom is -0.355 e. The van der Waals surface area contributed by atoms with Gasteiger partial charge in [-0.2, -0.15) is 5.10 Å². The van der Waals surface area contributed by atoms with Crippen molar-refractivity contribution in [1.29, 1.82) is 0 Å². The van der Waals surface area contributed by atoms with Crippen LogP contribution in [0.4, 0.5) is 17.1 Å². The molecule has 0 aliphatic carbocycles. The molecule has 0 spiro atoms. The van der Waals surface area contributed by atoms with E-state index in [1.165, 1.54) is 44.6 Å². The van der Waals surface area contributed by atoms with E-state index in [0.29, 0.717) is 0 Å². The van der Waals surface area contributed by atoms with E-state index >= 15 is 0 Å². The lowest BCUT2D eigenvalue weighted by Gasteiger charge is -2.21. The largest absolute Gasteiger partial charge is 0.355 e. The van der Waals surface area contributed by atoms with Gasteiger partial charge in [0, 0.05) is 45.7 Å². The van der Waals surface area contributed by atoms with Crippen LogP contribution in [0, 0.1) is 0 Å². The van der Waals surface area contributed by atoms with Crippen molar-refractivity contribution in [2.24, 2.45) is 0 Å². The monoisotopic (exact) mass is 553 g/mol. The number of hydrogen-bond acceptors (Lipinski definition) is 3. The maximum absolute atomic E-state index is 5.17. The summed E-state index contributed by atoms with van der Waals surface area (Å²) in [5.41, 5.74) is 10.5. The molecule has 7 rings (SSSR count). The Morgan fingerprint density at radius 1 is 0.595 bits per heavy atom. The molecule has 212 valence electrons. The quantitative estimate of drug-likeness (QED) is 0.219. The van der Waals surface area contributed by atoms with Crippen LogP contribution in [0.2, 0.25) is 0 Å². The standard InChI is InChI=1S/C37H39N5/c1-36(2,3)34-23-35(37(4,5)6)42(38-34)27-19-20-29-28-15-8-9-16-30(28)41(33(29)22-27)26-14-12-13-25(21-26)40-24-39(7)31-17-10-11-18-32(31)40/h8-23H,24H2,1-7H3. The predicted molar refractivity (Wildman–Crippen MR) is 177 cm³/mol. The molecule has 0 bridgehead atoms. The summed E-state index contributed by atoms with van der Waals surface area (Å²) in [5.74, 6) is 0. The van der Waals surface area contributed by atoms with Gasteiger partial charge in [0.15, 0.2) is 0 Å². The van der Waals surface area contributed by atoms with E-state index in [1.54, 1.807) is 0 Å². The first-order chi connectivity index (χ1) is 20.0. The van der Waals surface area contributed by atoms with Crippen molar-refractivity contribution in [2.75, 3.05) is 23.5 Å². The molecule has 42 heavy (non-hydrogen) atoms. The van der Waals surface area contributed by atoms with E-state index in [4.69, 9.17) is 5.10 Å². The fraction of sp³-hybridized carbons (Fsp3) is 0.270. The van der Waals surface area contributed by atoms with Crippen LogP contribution in [0.1, 0.15) is 52.9 Å². The van der Waals surface area contributed by atoms with Gasteiger partial charge in [-0.15, -0.1) is 0 Å². The molecule has 2 aromatic heterocycles. The van der Waals surface area contributed by atoms with E-state index in [2.05, 4.69) is 165 Å². The second kappa shape index (κ2) is 9.25. The van der Waals surface area contributed by atoms with Crippen LogP contribution in [-0.4, -0.2) is 28.1 Å². The van der Waals surface area contributed by atoms with Gasteiger partial charge in [0.1, 0.15) is 0 Å². The molecule has 0 unspecified atom stereocenters. The highest BCUT2D eigenvalue weighted by Crippen LogP contribution is 2.41. The van der Waals surface area contributed by atoms with Crippen molar-refractivity contribution in [2.45, 2.75) is 52.4 Å². The Kier molecular flexibility index (Phi) is 5.81. The van der Waals surface area contributed by atoms with Crippen LogP contribution in [0.3, 0.4) is 0 Å². The number of fused-ring (bicyclic) bond motifs is 4. The third kappa shape index (κ3) is 4.18. The highest BCUT2D eigenvalue weighted by atomic mass is 15.4. The van der Waals surface area contributed by atoms with Crippen LogP contribution < -0.4 is 9.80 Å². The first-order valence-electron chi connectivity index (χ1n) is 14.8. The minimum atomic E-state index is -0.0499. The van der Waals surface area contributed by atoms with Crippen molar-refractivity contribution >= 4 is 38.9 Å². The molecule has 6 aromatic rings. The number of aromatic nitrogens is 3. The van der Waals surface area contributed by atoms with E-state index < -0.39 is 0 Å². The Morgan fingerprint density at radius 3 is 2.05 bits per heavy atom. The molecule has 1 aliphatic heterocycles. The van der Waals surface area contributed by atoms with Crippen molar-refractivity contribution in [3.05, 3.63) is 108 Å². The molecule has 5 heteroatoms. The maximum atomic E-state index is 5.17. The maximum Gasteiger partial charge on any atom is 0.0950 e. The summed E-state index contributed by atoms with van der Waals surface area (Å²) >= 11 is 0. The summed E-state index contributed by atoms with van der Waals surface area (Å²) in [5, 5.41) is 7.67. The fourth-order valence-electron chi connectivity index (χ4n) is 6.25. The second-order valence-corrected chi connectivity index (χ2v) is 13.7. The molecule has 0 saturated carbocycles. The van der Waals surface area contributed by atoms with Gasteiger partial charge in [-0.25, -0.2) is 4.68 Å². The number of nitrogens with zero attached hydrogens (tertiary/aromatic N) is 5. The molecule has 0 amide bonds. The predicted octanol–water partition coefficient (Wildman–Crippen LogP) is 9.11. The number of anilines is 3. The van der Waals surface area contributed by atoms with Crippen LogP contribution in [0.25, 0.3) is 33.2 Å². The van der Waals surface area contributed by atoms with Gasteiger partial charge in [-0.3, -0.25) is 0 Å². The van der Waals surface area contributed by atoms with E-state index in [-0.39, 0.29) is 10.8 Å². The van der Waals surface area contributed by atoms with Crippen LogP contribution in [0.5, 0.6) is 0 Å². The van der Waals surface area contributed by atoms with Gasteiger partial charge in [-0.1, -0.05) is 84.0 Å². The molecule has 3 heterocycles. The average molecular weight is 554 g/mol. The Bertz CT molecular complexity index is 1960. The molecule has 1 aliphatic rings. The smallest absolute Gasteiger partial charge is 0.0950 e. The zero-order valence-electron chi connectivity index (χ0n) is 25.7. The lowest BCUT2D eigenvalue weighted by atomic mass is 9.88. The van der Waals surface area contributed by atoms with Crippen LogP contribution in [-0.2, 0) is 10.8 Å². The second-order valence-electron chi connectivity index (χ2n) is 13.7. The number of benzene rings is 4. The lowest BCUT2D eigenvalue weighted by Crippen LogP contribution is -2.24. The van der Waals surface area contributed by atoms with Crippen molar-refractivity contribution in [1.82, 2.24) is 14.3 Å². The Balaban J connectivity index is 1.43. The first-order valence-corrected chi connectivity index (χ1v) is 14.8. The van der Waals surface area contributed by atoms with Gasteiger partial charge in [0.25, 0.3) is 0 Å². The molecular formula is C37H39N5. The highest BCUT2D eigenvalue weighted by molar-refractivity contribution is 6.09. The van der Waals surface area contributed by atoms with Crippen molar-refractivity contribution in [3.63, 3.8) is 0 Å². The summed E-state index contributed by atoms with van der Waals surface area (Å²) in [6, 6.07) is 35.4. The van der Waals surface area contributed by atoms with E-state index in [9.17, 15) is 0 Å². The molecule has 0 radical (unpaired) electrons. The number of rotatable bonds is 3. The van der Waals surface area contributed by atoms with E-state index in [1.807, 2.05) is 0 Å². The summed E-state index contributed by atoms with van der Waals surface area (Å²) in [7, 11) is 2.16. The summed E-state index contributed by atoms with van der Waals surface area (Å²) in [6.45, 7) is 14.3. The van der Waals surface area contributed by atoms with Gasteiger partial charge >= 0.3 is 0 Å². The molecule has 0 fully saturated rings. The molecule has 0 atom stereocenters. The molecule has 0 N–H and O–H groups in total. The summed E-state index contributed by atoms with van der Waals surface area (Å²) in [6.07, 6.45) is 0. The first kappa shape index (κ1) is 26.4. The van der Waals surface area contributed by atoms with Gasteiger partial charge in [0.05, 0.1) is 40.5 Å². The third-order valence-electron chi connectivity index (χ3n) is 8.49. The van der Waals surface area contributed by atoms with Crippen molar-refractivity contribution < 1.29 is 0 Å². The highest BCUT2D eigenvalue weighted by Gasteiger charge is 2.27. The normalized spacial score (nSPS) is 13.9. The average Bonchev–Trinajstić information content (AvgIpc) is 3.65. The number of hydrogen-bond donors (Lipinski definition) is 0. The van der Waals surface area contributed by atoms with Crippen molar-refractivity contribution in [3.8, 4) is 11.4 Å². The number of para-hydroxylation sites is 3. The van der Waals surface area contributed by atoms with Gasteiger partial charge in [-0.05, 0) is 54.6 Å². The molecule has 0 saturated heterocycles. The Labute approximate surface area is 248 Å². The van der Waals surface area contributed by atoms with Gasteiger partial charge < -0.3 is 14.4 Å². The molecule has 4 aromatic carbocycles. The Hall–Kier alpha value is -4.51. The third-order valence-corrected chi connectivity index (χ3v) is 8.49. The van der Waals surface area contributed by atoms with Crippen LogP contribution >= 0.6 is 0 Å². The molecular weight excluding hydrogens is 514 g/mol. The SMILES string of the molecule is CN1CN(c2cccc(-n3c4ccccc4c4ccc(-n5nc(C(C)(C)C)cc5C(C)(C)C)cc43)c2)c2ccccc21. The summed E-state index contributed by atoms with van der Waals surface area (Å²) < 4.78 is 4.57. The minimum absolute atomic E-state index is 0.0348. The zero-order chi connectivity index (χ0) is 29.4. The Morgan fingerprint density at radius 2 is 1.29 bits per heavy atom.